The van der Waals surface area contributed by atoms with Gasteiger partial charge < -0.3 is 5.73 Å². The maximum Gasteiger partial charge on any atom is 0.403 e. The first-order chi connectivity index (χ1) is 6.38. The highest BCUT2D eigenvalue weighted by Gasteiger charge is 2.68. The summed E-state index contributed by atoms with van der Waals surface area (Å²) in [5, 5.41) is 0. The van der Waals surface area contributed by atoms with Crippen molar-refractivity contribution < 1.29 is 18.0 Å². The van der Waals surface area contributed by atoms with Crippen molar-refractivity contribution in [2.24, 2.45) is 23.0 Å². The van der Waals surface area contributed by atoms with Crippen molar-refractivity contribution in [3.8, 4) is 0 Å². The molecule has 2 N–H and O–H groups in total. The SMILES string of the molecule is NC(=O)C1(C(F)(F)F)CC2CCC1C2. The van der Waals surface area contributed by atoms with Gasteiger partial charge in [-0.2, -0.15) is 13.2 Å². The molecule has 0 aliphatic heterocycles. The van der Waals surface area contributed by atoms with E-state index in [1.807, 2.05) is 0 Å². The number of nitrogens with two attached hydrogens (primary N) is 1. The molecule has 80 valence electrons. The molecular weight excluding hydrogens is 195 g/mol. The van der Waals surface area contributed by atoms with Gasteiger partial charge in [-0.05, 0) is 31.1 Å². The summed E-state index contributed by atoms with van der Waals surface area (Å²) in [6.45, 7) is 0. The highest BCUT2D eigenvalue weighted by atomic mass is 19.4. The van der Waals surface area contributed by atoms with Crippen molar-refractivity contribution in [3.05, 3.63) is 0 Å². The summed E-state index contributed by atoms with van der Waals surface area (Å²) < 4.78 is 38.5. The number of alkyl halides is 3. The zero-order chi connectivity index (χ0) is 10.6. The molecule has 5 heteroatoms. The van der Waals surface area contributed by atoms with Gasteiger partial charge in [0, 0.05) is 0 Å². The highest BCUT2D eigenvalue weighted by Crippen LogP contribution is 2.62. The summed E-state index contributed by atoms with van der Waals surface area (Å²) in [5.41, 5.74) is 2.73. The standard InChI is InChI=1S/C9H12F3NO/c10-9(11,12)8(7(13)14)4-5-1-2-6(8)3-5/h5-6H,1-4H2,(H2,13,14). The molecule has 2 nitrogen and oxygen atoms in total. The lowest BCUT2D eigenvalue weighted by molar-refractivity contribution is -0.234. The van der Waals surface area contributed by atoms with Gasteiger partial charge >= 0.3 is 6.18 Å². The lowest BCUT2D eigenvalue weighted by Gasteiger charge is -2.36. The van der Waals surface area contributed by atoms with E-state index in [0.29, 0.717) is 12.8 Å². The molecule has 14 heavy (non-hydrogen) atoms. The van der Waals surface area contributed by atoms with Crippen LogP contribution in [-0.4, -0.2) is 12.1 Å². The van der Waals surface area contributed by atoms with E-state index in [1.54, 1.807) is 0 Å². The van der Waals surface area contributed by atoms with Crippen LogP contribution in [0, 0.1) is 17.3 Å². The van der Waals surface area contributed by atoms with Crippen LogP contribution in [-0.2, 0) is 4.79 Å². The molecular formula is C9H12F3NO. The van der Waals surface area contributed by atoms with Crippen LogP contribution < -0.4 is 5.73 Å². The van der Waals surface area contributed by atoms with Crippen LogP contribution in [0.5, 0.6) is 0 Å². The Labute approximate surface area is 79.6 Å². The molecule has 3 unspecified atom stereocenters. The quantitative estimate of drug-likeness (QED) is 0.700. The van der Waals surface area contributed by atoms with E-state index in [2.05, 4.69) is 0 Å². The number of amides is 1. The molecule has 2 saturated carbocycles. The first-order valence-corrected chi connectivity index (χ1v) is 4.74. The van der Waals surface area contributed by atoms with Gasteiger partial charge in [0.15, 0.2) is 0 Å². The molecule has 0 aromatic heterocycles. The normalized spacial score (nSPS) is 41.6. The van der Waals surface area contributed by atoms with E-state index < -0.39 is 23.4 Å². The van der Waals surface area contributed by atoms with Gasteiger partial charge in [-0.1, -0.05) is 6.42 Å². The topological polar surface area (TPSA) is 43.1 Å². The Morgan fingerprint density at radius 3 is 2.21 bits per heavy atom. The Morgan fingerprint density at radius 2 is 2.00 bits per heavy atom. The third kappa shape index (κ3) is 1.01. The summed E-state index contributed by atoms with van der Waals surface area (Å²) >= 11 is 0. The number of carbonyl (C=O) groups is 1. The van der Waals surface area contributed by atoms with Crippen molar-refractivity contribution in [2.75, 3.05) is 0 Å². The Morgan fingerprint density at radius 1 is 1.36 bits per heavy atom. The lowest BCUT2D eigenvalue weighted by atomic mass is 9.72. The van der Waals surface area contributed by atoms with E-state index in [4.69, 9.17) is 5.73 Å². The van der Waals surface area contributed by atoms with E-state index in [0.717, 1.165) is 6.42 Å². The van der Waals surface area contributed by atoms with Crippen molar-refractivity contribution in [3.63, 3.8) is 0 Å². The van der Waals surface area contributed by atoms with Gasteiger partial charge in [0.05, 0.1) is 0 Å². The third-order valence-corrected chi connectivity index (χ3v) is 3.79. The van der Waals surface area contributed by atoms with Gasteiger partial charge in [-0.25, -0.2) is 0 Å². The van der Waals surface area contributed by atoms with Crippen LogP contribution in [0.4, 0.5) is 13.2 Å². The summed E-state index contributed by atoms with van der Waals surface area (Å²) in [6, 6.07) is 0. The van der Waals surface area contributed by atoms with Crippen molar-refractivity contribution in [2.45, 2.75) is 31.9 Å². The molecule has 0 spiro atoms. The van der Waals surface area contributed by atoms with E-state index in [-0.39, 0.29) is 12.3 Å². The fraction of sp³-hybridized carbons (Fsp3) is 0.889. The molecule has 0 radical (unpaired) electrons. The minimum Gasteiger partial charge on any atom is -0.369 e. The third-order valence-electron chi connectivity index (χ3n) is 3.79. The molecule has 0 aromatic rings. The van der Waals surface area contributed by atoms with Crippen LogP contribution in [0.3, 0.4) is 0 Å². The highest BCUT2D eigenvalue weighted by molar-refractivity contribution is 5.82. The number of hydrogen-bond donors (Lipinski definition) is 1. The second-order valence-corrected chi connectivity index (χ2v) is 4.41. The average molecular weight is 207 g/mol. The fourth-order valence-electron chi connectivity index (χ4n) is 3.12. The van der Waals surface area contributed by atoms with Crippen molar-refractivity contribution in [1.29, 1.82) is 0 Å². The summed E-state index contributed by atoms with van der Waals surface area (Å²) in [6.07, 6.45) is -2.74. The monoisotopic (exact) mass is 207 g/mol. The van der Waals surface area contributed by atoms with Crippen LogP contribution in [0.2, 0.25) is 0 Å². The van der Waals surface area contributed by atoms with Gasteiger partial charge in [0.1, 0.15) is 5.41 Å². The van der Waals surface area contributed by atoms with Gasteiger partial charge in [0.2, 0.25) is 5.91 Å². The smallest absolute Gasteiger partial charge is 0.369 e. The molecule has 1 amide bonds. The van der Waals surface area contributed by atoms with Crippen LogP contribution in [0.15, 0.2) is 0 Å². The lowest BCUT2D eigenvalue weighted by Crippen LogP contribution is -2.52. The maximum atomic E-state index is 12.8. The van der Waals surface area contributed by atoms with Gasteiger partial charge in [-0.3, -0.25) is 4.79 Å². The predicted molar refractivity (Wildman–Crippen MR) is 43.1 cm³/mol. The minimum atomic E-state index is -4.47. The number of primary amides is 1. The molecule has 2 rings (SSSR count). The summed E-state index contributed by atoms with van der Waals surface area (Å²) in [7, 11) is 0. The zero-order valence-corrected chi connectivity index (χ0v) is 7.60. The van der Waals surface area contributed by atoms with Crippen LogP contribution in [0.25, 0.3) is 0 Å². The van der Waals surface area contributed by atoms with Gasteiger partial charge in [-0.15, -0.1) is 0 Å². The second-order valence-electron chi connectivity index (χ2n) is 4.41. The Kier molecular flexibility index (Phi) is 1.85. The first kappa shape index (κ1) is 9.80. The van der Waals surface area contributed by atoms with Gasteiger partial charge in [0.25, 0.3) is 0 Å². The maximum absolute atomic E-state index is 12.8. The molecule has 2 aliphatic rings. The Balaban J connectivity index is 2.39. The molecule has 2 aliphatic carbocycles. The Bertz CT molecular complexity index is 276. The Hall–Kier alpha value is -0.740. The second kappa shape index (κ2) is 2.64. The average Bonchev–Trinajstić information content (AvgIpc) is 2.59. The zero-order valence-electron chi connectivity index (χ0n) is 7.60. The number of halogens is 3. The number of rotatable bonds is 1. The molecule has 0 aromatic carbocycles. The van der Waals surface area contributed by atoms with Crippen molar-refractivity contribution >= 4 is 5.91 Å². The first-order valence-electron chi connectivity index (χ1n) is 4.74. The summed E-state index contributed by atoms with van der Waals surface area (Å²) in [4.78, 5) is 11.1. The molecule has 0 heterocycles. The molecule has 2 bridgehead atoms. The molecule has 0 saturated heterocycles. The number of fused-ring (bicyclic) bond motifs is 2. The fourth-order valence-corrected chi connectivity index (χ4v) is 3.12. The van der Waals surface area contributed by atoms with Crippen LogP contribution in [0.1, 0.15) is 25.7 Å². The van der Waals surface area contributed by atoms with Crippen LogP contribution >= 0.6 is 0 Å². The van der Waals surface area contributed by atoms with E-state index in [9.17, 15) is 18.0 Å². The van der Waals surface area contributed by atoms with E-state index in [1.165, 1.54) is 0 Å². The molecule has 2 fully saturated rings. The predicted octanol–water partition coefficient (Wildman–Crippen LogP) is 1.84. The van der Waals surface area contributed by atoms with E-state index >= 15 is 0 Å². The number of hydrogen-bond acceptors (Lipinski definition) is 1. The van der Waals surface area contributed by atoms with Crippen molar-refractivity contribution in [1.82, 2.24) is 0 Å². The number of carbonyl (C=O) groups excluding carboxylic acids is 1. The molecule has 3 atom stereocenters. The minimum absolute atomic E-state index is 0.0501. The summed E-state index contributed by atoms with van der Waals surface area (Å²) in [5.74, 6) is -1.70. The largest absolute Gasteiger partial charge is 0.403 e.